The Morgan fingerprint density at radius 3 is 2.62 bits per heavy atom. The molecule has 3 N–H and O–H groups in total. The van der Waals surface area contributed by atoms with Gasteiger partial charge >= 0.3 is 12.0 Å². The molecule has 0 saturated heterocycles. The molecule has 6 nitrogen and oxygen atoms in total. The minimum atomic E-state index is -1.15. The number of nitrogens with one attached hydrogen (secondary N) is 2. The number of nitriles is 1. The molecule has 1 aromatic carbocycles. The van der Waals surface area contributed by atoms with Crippen LogP contribution in [0.2, 0.25) is 0 Å². The van der Waals surface area contributed by atoms with E-state index in [1.165, 1.54) is 12.1 Å². The maximum absolute atomic E-state index is 13.4. The molecule has 0 aromatic heterocycles. The second-order valence-electron chi connectivity index (χ2n) is 4.89. The number of anilines is 1. The summed E-state index contributed by atoms with van der Waals surface area (Å²) in [7, 11) is 0. The summed E-state index contributed by atoms with van der Waals surface area (Å²) in [4.78, 5) is 22.8. The number of rotatable bonds is 5. The minimum absolute atomic E-state index is 0.0105. The summed E-state index contributed by atoms with van der Waals surface area (Å²) in [5, 5.41) is 22.4. The first-order valence-electron chi connectivity index (χ1n) is 6.34. The van der Waals surface area contributed by atoms with Crippen LogP contribution in [0.4, 0.5) is 14.9 Å². The third-order valence-corrected chi connectivity index (χ3v) is 2.68. The number of carbonyl (C=O) groups excluding carboxylic acids is 1. The fraction of sp³-hybridized carbons (Fsp3) is 0.357. The van der Waals surface area contributed by atoms with Crippen molar-refractivity contribution in [2.45, 2.75) is 26.3 Å². The molecule has 7 heteroatoms. The van der Waals surface area contributed by atoms with E-state index in [0.717, 1.165) is 6.07 Å². The van der Waals surface area contributed by atoms with E-state index in [9.17, 15) is 14.0 Å². The third-order valence-electron chi connectivity index (χ3n) is 2.68. The summed E-state index contributed by atoms with van der Waals surface area (Å²) in [6.07, 6.45) is 0.261. The van der Waals surface area contributed by atoms with E-state index in [1.54, 1.807) is 6.07 Å². The first kappa shape index (κ1) is 16.4. The van der Waals surface area contributed by atoms with Crippen LogP contribution in [0.15, 0.2) is 18.2 Å². The van der Waals surface area contributed by atoms with Crippen molar-refractivity contribution in [1.82, 2.24) is 5.32 Å². The molecule has 0 aliphatic heterocycles. The van der Waals surface area contributed by atoms with Crippen molar-refractivity contribution >= 4 is 17.7 Å². The fourth-order valence-electron chi connectivity index (χ4n) is 1.75. The maximum atomic E-state index is 13.4. The highest BCUT2D eigenvalue weighted by Gasteiger charge is 2.21. The molecule has 1 rings (SSSR count). The van der Waals surface area contributed by atoms with Crippen molar-refractivity contribution in [3.05, 3.63) is 29.6 Å². The number of aliphatic carboxylic acids is 1. The summed E-state index contributed by atoms with van der Waals surface area (Å²) >= 11 is 0. The summed E-state index contributed by atoms with van der Waals surface area (Å²) in [6, 6.07) is 3.59. The summed E-state index contributed by atoms with van der Waals surface area (Å²) in [5.41, 5.74) is -0.313. The van der Waals surface area contributed by atoms with Crippen molar-refractivity contribution in [2.24, 2.45) is 5.92 Å². The number of carboxylic acid groups (broad SMARTS) is 1. The van der Waals surface area contributed by atoms with Crippen LogP contribution in [0.5, 0.6) is 0 Å². The Morgan fingerprint density at radius 2 is 2.10 bits per heavy atom. The van der Waals surface area contributed by atoms with Crippen LogP contribution in [-0.2, 0) is 4.79 Å². The minimum Gasteiger partial charge on any atom is -0.480 e. The van der Waals surface area contributed by atoms with E-state index < -0.39 is 23.9 Å². The van der Waals surface area contributed by atoms with Crippen LogP contribution in [0.3, 0.4) is 0 Å². The van der Waals surface area contributed by atoms with Crippen LogP contribution in [0, 0.1) is 23.1 Å². The standard InChI is InChI=1S/C14H16FN3O3/c1-8(2)6-12(13(19)20)18-14(21)17-11-5-3-4-10(15)9(11)7-16/h3-5,8,12H,6H2,1-2H3,(H,19,20)(H2,17,18,21)/t12-/m1/s1. The topological polar surface area (TPSA) is 102 Å². The fourth-order valence-corrected chi connectivity index (χ4v) is 1.75. The Morgan fingerprint density at radius 1 is 1.43 bits per heavy atom. The highest BCUT2D eigenvalue weighted by molar-refractivity contribution is 5.93. The highest BCUT2D eigenvalue weighted by atomic mass is 19.1. The normalized spacial score (nSPS) is 11.6. The zero-order chi connectivity index (χ0) is 16.0. The van der Waals surface area contributed by atoms with Crippen LogP contribution in [0.1, 0.15) is 25.8 Å². The maximum Gasteiger partial charge on any atom is 0.326 e. The van der Waals surface area contributed by atoms with Gasteiger partial charge < -0.3 is 15.7 Å². The first-order chi connectivity index (χ1) is 9.85. The van der Waals surface area contributed by atoms with Crippen molar-refractivity contribution in [2.75, 3.05) is 5.32 Å². The molecular formula is C14H16FN3O3. The predicted octanol–water partition coefficient (Wildman–Crippen LogP) is 2.32. The van der Waals surface area contributed by atoms with Gasteiger partial charge in [-0.3, -0.25) is 0 Å². The van der Waals surface area contributed by atoms with Gasteiger partial charge in [0.2, 0.25) is 0 Å². The summed E-state index contributed by atoms with van der Waals surface area (Å²) in [5.74, 6) is -1.83. The predicted molar refractivity (Wildman–Crippen MR) is 74.1 cm³/mol. The average Bonchev–Trinajstić information content (AvgIpc) is 2.37. The number of carboxylic acids is 1. The molecule has 1 atom stereocenters. The van der Waals surface area contributed by atoms with Gasteiger partial charge in [-0.2, -0.15) is 5.26 Å². The molecule has 112 valence electrons. The monoisotopic (exact) mass is 293 g/mol. The number of hydrogen-bond donors (Lipinski definition) is 3. The lowest BCUT2D eigenvalue weighted by Crippen LogP contribution is -2.43. The Balaban J connectivity index is 2.80. The van der Waals surface area contributed by atoms with E-state index >= 15 is 0 Å². The summed E-state index contributed by atoms with van der Waals surface area (Å²) in [6.45, 7) is 3.66. The Labute approximate surface area is 121 Å². The number of hydrogen-bond acceptors (Lipinski definition) is 3. The molecular weight excluding hydrogens is 277 g/mol. The third kappa shape index (κ3) is 4.76. The first-order valence-corrected chi connectivity index (χ1v) is 6.34. The average molecular weight is 293 g/mol. The molecule has 0 aliphatic carbocycles. The zero-order valence-electron chi connectivity index (χ0n) is 11.7. The molecule has 0 bridgehead atoms. The van der Waals surface area contributed by atoms with E-state index in [-0.39, 0.29) is 23.6 Å². The number of carbonyl (C=O) groups is 2. The molecule has 0 aliphatic rings. The van der Waals surface area contributed by atoms with Crippen molar-refractivity contribution < 1.29 is 19.1 Å². The lowest BCUT2D eigenvalue weighted by molar-refractivity contribution is -0.139. The van der Waals surface area contributed by atoms with Gasteiger partial charge in [0.1, 0.15) is 23.5 Å². The molecule has 0 fully saturated rings. The van der Waals surface area contributed by atoms with Gasteiger partial charge in [0.05, 0.1) is 5.69 Å². The quantitative estimate of drug-likeness (QED) is 0.775. The van der Waals surface area contributed by atoms with Gasteiger partial charge in [0, 0.05) is 0 Å². The highest BCUT2D eigenvalue weighted by Crippen LogP contribution is 2.17. The lowest BCUT2D eigenvalue weighted by Gasteiger charge is -2.17. The van der Waals surface area contributed by atoms with Gasteiger partial charge in [-0.05, 0) is 24.5 Å². The smallest absolute Gasteiger partial charge is 0.326 e. The second kappa shape index (κ2) is 7.24. The van der Waals surface area contributed by atoms with Gasteiger partial charge in [0.15, 0.2) is 0 Å². The van der Waals surface area contributed by atoms with Crippen LogP contribution in [-0.4, -0.2) is 23.1 Å². The molecule has 0 spiro atoms. The number of nitrogens with zero attached hydrogens (tertiary/aromatic N) is 1. The SMILES string of the molecule is CC(C)C[C@@H](NC(=O)Nc1cccc(F)c1C#N)C(=O)O. The molecule has 2 amide bonds. The van der Waals surface area contributed by atoms with E-state index in [2.05, 4.69) is 10.6 Å². The van der Waals surface area contributed by atoms with E-state index in [0.29, 0.717) is 0 Å². The molecule has 21 heavy (non-hydrogen) atoms. The second-order valence-corrected chi connectivity index (χ2v) is 4.89. The van der Waals surface area contributed by atoms with Crippen LogP contribution in [0.25, 0.3) is 0 Å². The zero-order valence-corrected chi connectivity index (χ0v) is 11.7. The molecule has 1 aromatic rings. The largest absolute Gasteiger partial charge is 0.480 e. The van der Waals surface area contributed by atoms with Crippen molar-refractivity contribution in [1.29, 1.82) is 5.26 Å². The van der Waals surface area contributed by atoms with Crippen molar-refractivity contribution in [3.8, 4) is 6.07 Å². The number of halogens is 1. The molecule has 0 heterocycles. The number of urea groups is 1. The lowest BCUT2D eigenvalue weighted by atomic mass is 10.0. The molecule has 0 saturated carbocycles. The van der Waals surface area contributed by atoms with E-state index in [1.807, 2.05) is 13.8 Å². The number of amides is 2. The van der Waals surface area contributed by atoms with Gasteiger partial charge in [-0.25, -0.2) is 14.0 Å². The Bertz CT molecular complexity index is 581. The Kier molecular flexibility index (Phi) is 5.67. The summed E-state index contributed by atoms with van der Waals surface area (Å²) < 4.78 is 13.4. The molecule has 0 unspecified atom stereocenters. The van der Waals surface area contributed by atoms with Crippen LogP contribution < -0.4 is 10.6 Å². The van der Waals surface area contributed by atoms with Gasteiger partial charge in [0.25, 0.3) is 0 Å². The van der Waals surface area contributed by atoms with E-state index in [4.69, 9.17) is 10.4 Å². The van der Waals surface area contributed by atoms with Crippen LogP contribution >= 0.6 is 0 Å². The van der Waals surface area contributed by atoms with Gasteiger partial charge in [-0.1, -0.05) is 19.9 Å². The Hall–Kier alpha value is -2.62. The van der Waals surface area contributed by atoms with Crippen molar-refractivity contribution in [3.63, 3.8) is 0 Å². The van der Waals surface area contributed by atoms with Gasteiger partial charge in [-0.15, -0.1) is 0 Å². The number of benzene rings is 1. The molecule has 0 radical (unpaired) electrons.